The van der Waals surface area contributed by atoms with Crippen LogP contribution < -0.4 is 5.32 Å². The van der Waals surface area contributed by atoms with E-state index >= 15 is 0 Å². The van der Waals surface area contributed by atoms with E-state index in [0.717, 1.165) is 45.8 Å². The van der Waals surface area contributed by atoms with Crippen molar-refractivity contribution in [2.24, 2.45) is 0 Å². The fourth-order valence-electron chi connectivity index (χ4n) is 2.95. The second kappa shape index (κ2) is 9.69. The van der Waals surface area contributed by atoms with Crippen LogP contribution in [0.4, 0.5) is 5.69 Å². The van der Waals surface area contributed by atoms with Gasteiger partial charge in [0.15, 0.2) is 0 Å². The Labute approximate surface area is 189 Å². The van der Waals surface area contributed by atoms with Gasteiger partial charge in [0.25, 0.3) is 15.9 Å². The van der Waals surface area contributed by atoms with Crippen molar-refractivity contribution in [3.05, 3.63) is 45.8 Å². The molecule has 2 amide bonds. The quantitative estimate of drug-likeness (QED) is 0.676. The number of hydrogen-bond donors (Lipinski definition) is 1. The third kappa shape index (κ3) is 5.36. The van der Waals surface area contributed by atoms with Crippen LogP contribution in [0.25, 0.3) is 0 Å². The molecule has 0 saturated carbocycles. The van der Waals surface area contributed by atoms with Gasteiger partial charge in [0.1, 0.15) is 4.21 Å². The van der Waals surface area contributed by atoms with Gasteiger partial charge in [-0.1, -0.05) is 11.6 Å². The topological polar surface area (TPSA) is 86.8 Å². The van der Waals surface area contributed by atoms with Gasteiger partial charge in [-0.2, -0.15) is 16.1 Å². The molecule has 0 unspecified atom stereocenters. The summed E-state index contributed by atoms with van der Waals surface area (Å²) in [6, 6.07) is 8.01. The van der Waals surface area contributed by atoms with Crippen LogP contribution in [0.5, 0.6) is 0 Å². The standard InChI is InChI=1S/C19H22ClN3O4S3/c1-13-11-14(19(25)23-7-9-28-10-8-23)3-4-15(13)21-17(24)12-22(2)30(26,27)18-6-5-16(20)29-18/h3-6,11H,7-10,12H2,1-2H3,(H,21,24). The number of thiophene rings is 1. The number of sulfonamides is 1. The predicted molar refractivity (Wildman–Crippen MR) is 122 cm³/mol. The molecule has 1 fully saturated rings. The first-order valence-electron chi connectivity index (χ1n) is 9.17. The van der Waals surface area contributed by atoms with Gasteiger partial charge in [-0.05, 0) is 42.8 Å². The molecule has 0 radical (unpaired) electrons. The van der Waals surface area contributed by atoms with E-state index in [2.05, 4.69) is 5.32 Å². The van der Waals surface area contributed by atoms with Crippen molar-refractivity contribution in [2.75, 3.05) is 43.5 Å². The van der Waals surface area contributed by atoms with Crippen LogP contribution in [-0.2, 0) is 14.8 Å². The summed E-state index contributed by atoms with van der Waals surface area (Å²) in [5.74, 6) is 1.38. The van der Waals surface area contributed by atoms with Gasteiger partial charge in [0, 0.05) is 42.9 Å². The van der Waals surface area contributed by atoms with Gasteiger partial charge >= 0.3 is 0 Å². The summed E-state index contributed by atoms with van der Waals surface area (Å²) in [4.78, 5) is 26.9. The van der Waals surface area contributed by atoms with E-state index in [1.807, 2.05) is 16.7 Å². The average molecular weight is 488 g/mol. The fourth-order valence-corrected chi connectivity index (χ4v) is 6.68. The number of benzene rings is 1. The molecule has 0 aliphatic carbocycles. The lowest BCUT2D eigenvalue weighted by Crippen LogP contribution is -2.38. The Morgan fingerprint density at radius 3 is 2.50 bits per heavy atom. The van der Waals surface area contributed by atoms with Gasteiger partial charge in [0.05, 0.1) is 10.9 Å². The van der Waals surface area contributed by atoms with E-state index in [4.69, 9.17) is 11.6 Å². The van der Waals surface area contributed by atoms with Crippen molar-refractivity contribution in [3.8, 4) is 0 Å². The molecule has 1 N–H and O–H groups in total. The van der Waals surface area contributed by atoms with Gasteiger partial charge in [-0.25, -0.2) is 8.42 Å². The number of thioether (sulfide) groups is 1. The molecule has 0 spiro atoms. The van der Waals surface area contributed by atoms with Crippen LogP contribution in [0.15, 0.2) is 34.5 Å². The lowest BCUT2D eigenvalue weighted by molar-refractivity contribution is -0.116. The Bertz CT molecular complexity index is 1050. The Morgan fingerprint density at radius 1 is 1.20 bits per heavy atom. The third-order valence-electron chi connectivity index (χ3n) is 4.63. The maximum absolute atomic E-state index is 12.6. The number of halogens is 1. The molecule has 1 aliphatic rings. The molecule has 1 aromatic carbocycles. The number of carbonyl (C=O) groups is 2. The molecule has 11 heteroatoms. The number of rotatable bonds is 6. The molecule has 7 nitrogen and oxygen atoms in total. The van der Waals surface area contributed by atoms with Gasteiger partial charge in [-0.3, -0.25) is 9.59 Å². The molecule has 30 heavy (non-hydrogen) atoms. The van der Waals surface area contributed by atoms with Gasteiger partial charge in [0.2, 0.25) is 5.91 Å². The monoisotopic (exact) mass is 487 g/mol. The summed E-state index contributed by atoms with van der Waals surface area (Å²) in [7, 11) is -2.45. The lowest BCUT2D eigenvalue weighted by Gasteiger charge is -2.26. The van der Waals surface area contributed by atoms with Crippen LogP contribution >= 0.6 is 34.7 Å². The third-order valence-corrected chi connectivity index (χ3v) is 9.07. The van der Waals surface area contributed by atoms with E-state index in [1.165, 1.54) is 19.2 Å². The van der Waals surface area contributed by atoms with Crippen molar-refractivity contribution in [2.45, 2.75) is 11.1 Å². The summed E-state index contributed by atoms with van der Waals surface area (Å²) < 4.78 is 26.5. The fraction of sp³-hybridized carbons (Fsp3) is 0.368. The molecule has 1 saturated heterocycles. The molecule has 162 valence electrons. The zero-order valence-electron chi connectivity index (χ0n) is 16.6. The van der Waals surface area contributed by atoms with E-state index in [-0.39, 0.29) is 16.7 Å². The second-order valence-electron chi connectivity index (χ2n) is 6.80. The minimum atomic E-state index is -3.79. The molecule has 1 aromatic heterocycles. The van der Waals surface area contributed by atoms with Crippen molar-refractivity contribution >= 4 is 62.2 Å². The summed E-state index contributed by atoms with van der Waals surface area (Å²) in [6.07, 6.45) is 0. The molecular weight excluding hydrogens is 466 g/mol. The normalized spacial score (nSPS) is 14.7. The van der Waals surface area contributed by atoms with Crippen molar-refractivity contribution < 1.29 is 18.0 Å². The SMILES string of the molecule is Cc1cc(C(=O)N2CCSCC2)ccc1NC(=O)CN(C)S(=O)(=O)c1ccc(Cl)s1. The van der Waals surface area contributed by atoms with Crippen molar-refractivity contribution in [1.82, 2.24) is 9.21 Å². The van der Waals surface area contributed by atoms with E-state index in [9.17, 15) is 18.0 Å². The van der Waals surface area contributed by atoms with Gasteiger partial charge in [-0.15, -0.1) is 11.3 Å². The molecule has 2 aromatic rings. The van der Waals surface area contributed by atoms with Crippen molar-refractivity contribution in [3.63, 3.8) is 0 Å². The lowest BCUT2D eigenvalue weighted by atomic mass is 10.1. The maximum Gasteiger partial charge on any atom is 0.253 e. The first-order valence-corrected chi connectivity index (χ1v) is 13.0. The van der Waals surface area contributed by atoms with Crippen LogP contribution in [0, 0.1) is 6.92 Å². The first kappa shape index (κ1) is 23.1. The molecule has 2 heterocycles. The zero-order chi connectivity index (χ0) is 21.9. The van der Waals surface area contributed by atoms with Gasteiger partial charge < -0.3 is 10.2 Å². The largest absolute Gasteiger partial charge is 0.337 e. The number of likely N-dealkylation sites (N-methyl/N-ethyl adjacent to an activating group) is 1. The maximum atomic E-state index is 12.6. The molecule has 3 rings (SSSR count). The second-order valence-corrected chi connectivity index (χ2v) is 12.0. The highest BCUT2D eigenvalue weighted by Gasteiger charge is 2.25. The Morgan fingerprint density at radius 2 is 1.90 bits per heavy atom. The summed E-state index contributed by atoms with van der Waals surface area (Å²) in [5.41, 5.74) is 1.85. The number of aryl methyl sites for hydroxylation is 1. The van der Waals surface area contributed by atoms with E-state index in [1.54, 1.807) is 25.1 Å². The Kier molecular flexibility index (Phi) is 7.46. The van der Waals surface area contributed by atoms with Crippen LogP contribution in [-0.4, -0.2) is 67.6 Å². The minimum absolute atomic E-state index is 0.0169. The number of carbonyl (C=O) groups excluding carboxylic acids is 2. The number of amides is 2. The van der Waals surface area contributed by atoms with Crippen LogP contribution in [0.1, 0.15) is 15.9 Å². The van der Waals surface area contributed by atoms with Crippen LogP contribution in [0.2, 0.25) is 4.34 Å². The highest BCUT2D eigenvalue weighted by atomic mass is 35.5. The molecule has 1 aliphatic heterocycles. The molecule has 0 atom stereocenters. The van der Waals surface area contributed by atoms with Crippen molar-refractivity contribution in [1.29, 1.82) is 0 Å². The van der Waals surface area contributed by atoms with E-state index < -0.39 is 15.9 Å². The number of anilines is 1. The van der Waals surface area contributed by atoms with E-state index in [0.29, 0.717) is 15.6 Å². The smallest absolute Gasteiger partial charge is 0.253 e. The predicted octanol–water partition coefficient (Wildman–Crippen LogP) is 3.16. The summed E-state index contributed by atoms with van der Waals surface area (Å²) >= 11 is 8.59. The molecule has 0 bridgehead atoms. The summed E-state index contributed by atoms with van der Waals surface area (Å²) in [5, 5.41) is 2.72. The highest BCUT2D eigenvalue weighted by Crippen LogP contribution is 2.27. The molecular formula is C19H22ClN3O4S3. The highest BCUT2D eigenvalue weighted by molar-refractivity contribution is 7.99. The number of nitrogens with zero attached hydrogens (tertiary/aromatic N) is 2. The first-order chi connectivity index (χ1) is 14.2. The summed E-state index contributed by atoms with van der Waals surface area (Å²) in [6.45, 7) is 2.92. The van der Waals surface area contributed by atoms with Crippen LogP contribution in [0.3, 0.4) is 0 Å². The number of nitrogens with one attached hydrogen (secondary N) is 1. The Balaban J connectivity index is 1.64. The number of hydrogen-bond acceptors (Lipinski definition) is 6. The average Bonchev–Trinajstić information content (AvgIpc) is 3.16. The Hall–Kier alpha value is -1.59. The minimum Gasteiger partial charge on any atom is -0.337 e. The zero-order valence-corrected chi connectivity index (χ0v) is 19.8.